The lowest BCUT2D eigenvalue weighted by Crippen LogP contribution is -2.36. The van der Waals surface area contributed by atoms with Gasteiger partial charge in [-0.05, 0) is 37.3 Å². The standard InChI is InChI=1S/C19H18F2N6O2/c1-12-18(25-26-27(12)11-13-4-2-3-5-16(13)21)24-19(29)22-10-17(28)23-15-8-6-14(20)7-9-15/h2-9H,10-11H2,1H3,(H,23,28)(H2,22,24,29). The van der Waals surface area contributed by atoms with E-state index in [4.69, 9.17) is 0 Å². The lowest BCUT2D eigenvalue weighted by Gasteiger charge is -2.08. The van der Waals surface area contributed by atoms with Crippen LogP contribution in [-0.4, -0.2) is 33.5 Å². The molecule has 0 atom stereocenters. The van der Waals surface area contributed by atoms with Gasteiger partial charge < -0.3 is 10.6 Å². The molecule has 0 saturated heterocycles. The third-order valence-corrected chi connectivity index (χ3v) is 4.03. The number of urea groups is 1. The van der Waals surface area contributed by atoms with Crippen LogP contribution in [0.15, 0.2) is 48.5 Å². The molecule has 29 heavy (non-hydrogen) atoms. The van der Waals surface area contributed by atoms with Crippen LogP contribution in [0.5, 0.6) is 0 Å². The first kappa shape index (κ1) is 19.9. The molecular weight excluding hydrogens is 382 g/mol. The molecule has 3 amide bonds. The Balaban J connectivity index is 1.51. The number of amides is 3. The van der Waals surface area contributed by atoms with Crippen molar-refractivity contribution in [3.05, 3.63) is 71.4 Å². The Kier molecular flexibility index (Phi) is 6.12. The molecule has 0 unspecified atom stereocenters. The van der Waals surface area contributed by atoms with Gasteiger partial charge in [0.25, 0.3) is 0 Å². The molecule has 0 saturated carbocycles. The Labute approximate surface area is 164 Å². The van der Waals surface area contributed by atoms with E-state index in [2.05, 4.69) is 26.3 Å². The van der Waals surface area contributed by atoms with Crippen molar-refractivity contribution in [1.82, 2.24) is 20.3 Å². The van der Waals surface area contributed by atoms with Gasteiger partial charge in [0.15, 0.2) is 5.82 Å². The average molecular weight is 400 g/mol. The van der Waals surface area contributed by atoms with Gasteiger partial charge in [0.2, 0.25) is 5.91 Å². The van der Waals surface area contributed by atoms with Crippen LogP contribution in [0.25, 0.3) is 0 Å². The maximum absolute atomic E-state index is 13.8. The molecule has 1 heterocycles. The highest BCUT2D eigenvalue weighted by Crippen LogP contribution is 2.14. The van der Waals surface area contributed by atoms with E-state index in [9.17, 15) is 18.4 Å². The van der Waals surface area contributed by atoms with Gasteiger partial charge in [0.1, 0.15) is 11.6 Å². The van der Waals surface area contributed by atoms with Crippen LogP contribution in [0, 0.1) is 18.6 Å². The normalized spacial score (nSPS) is 10.4. The van der Waals surface area contributed by atoms with Crippen molar-refractivity contribution in [3.8, 4) is 0 Å². The van der Waals surface area contributed by atoms with Gasteiger partial charge in [-0.3, -0.25) is 10.1 Å². The predicted octanol–water partition coefficient (Wildman–Crippen LogP) is 2.67. The summed E-state index contributed by atoms with van der Waals surface area (Å²) in [6.07, 6.45) is 0. The van der Waals surface area contributed by atoms with Crippen LogP contribution in [0.1, 0.15) is 11.3 Å². The van der Waals surface area contributed by atoms with Crippen molar-refractivity contribution >= 4 is 23.4 Å². The van der Waals surface area contributed by atoms with Crippen molar-refractivity contribution in [1.29, 1.82) is 0 Å². The smallest absolute Gasteiger partial charge is 0.320 e. The zero-order valence-electron chi connectivity index (χ0n) is 15.4. The van der Waals surface area contributed by atoms with E-state index in [-0.39, 0.29) is 24.7 Å². The number of halogens is 2. The summed E-state index contributed by atoms with van der Waals surface area (Å²) in [4.78, 5) is 23.8. The van der Waals surface area contributed by atoms with Crippen molar-refractivity contribution in [2.75, 3.05) is 17.2 Å². The maximum Gasteiger partial charge on any atom is 0.320 e. The average Bonchev–Trinajstić information content (AvgIpc) is 3.03. The molecule has 3 rings (SSSR count). The number of anilines is 2. The minimum Gasteiger partial charge on any atom is -0.329 e. The summed E-state index contributed by atoms with van der Waals surface area (Å²) >= 11 is 0. The molecule has 8 nitrogen and oxygen atoms in total. The monoisotopic (exact) mass is 400 g/mol. The Morgan fingerprint density at radius 2 is 1.76 bits per heavy atom. The van der Waals surface area contributed by atoms with Crippen LogP contribution in [0.4, 0.5) is 25.1 Å². The van der Waals surface area contributed by atoms with Crippen LogP contribution in [-0.2, 0) is 11.3 Å². The second-order valence-electron chi connectivity index (χ2n) is 6.14. The number of hydrogen-bond acceptors (Lipinski definition) is 4. The summed E-state index contributed by atoms with van der Waals surface area (Å²) in [5, 5.41) is 15.2. The zero-order valence-corrected chi connectivity index (χ0v) is 15.4. The first-order chi connectivity index (χ1) is 13.9. The fraction of sp³-hybridized carbons (Fsp3) is 0.158. The van der Waals surface area contributed by atoms with E-state index in [1.54, 1.807) is 25.1 Å². The number of aromatic nitrogens is 3. The van der Waals surface area contributed by atoms with E-state index in [0.29, 0.717) is 16.9 Å². The molecule has 0 bridgehead atoms. The molecule has 3 aromatic rings. The second-order valence-corrected chi connectivity index (χ2v) is 6.14. The maximum atomic E-state index is 13.8. The molecule has 2 aromatic carbocycles. The quantitative estimate of drug-likeness (QED) is 0.592. The molecule has 0 aliphatic heterocycles. The molecule has 0 aliphatic rings. The zero-order chi connectivity index (χ0) is 20.8. The van der Waals surface area contributed by atoms with Crippen LogP contribution in [0.2, 0.25) is 0 Å². The predicted molar refractivity (Wildman–Crippen MR) is 102 cm³/mol. The highest BCUT2D eigenvalue weighted by molar-refractivity contribution is 5.96. The van der Waals surface area contributed by atoms with Gasteiger partial charge in [-0.2, -0.15) is 0 Å². The van der Waals surface area contributed by atoms with Crippen LogP contribution >= 0.6 is 0 Å². The Hall–Kier alpha value is -3.82. The van der Waals surface area contributed by atoms with E-state index >= 15 is 0 Å². The number of carbonyl (C=O) groups excluding carboxylic acids is 2. The highest BCUT2D eigenvalue weighted by Gasteiger charge is 2.14. The lowest BCUT2D eigenvalue weighted by molar-refractivity contribution is -0.115. The van der Waals surface area contributed by atoms with E-state index < -0.39 is 17.8 Å². The fourth-order valence-corrected chi connectivity index (χ4v) is 2.46. The van der Waals surface area contributed by atoms with Crippen molar-refractivity contribution in [2.45, 2.75) is 13.5 Å². The van der Waals surface area contributed by atoms with Gasteiger partial charge in [-0.25, -0.2) is 18.3 Å². The van der Waals surface area contributed by atoms with Crippen LogP contribution in [0.3, 0.4) is 0 Å². The molecule has 3 N–H and O–H groups in total. The number of carbonyl (C=O) groups is 2. The third kappa shape index (κ3) is 5.34. The molecular formula is C19H18F2N6O2. The summed E-state index contributed by atoms with van der Waals surface area (Å²) in [5.74, 6) is -1.06. The summed E-state index contributed by atoms with van der Waals surface area (Å²) in [7, 11) is 0. The first-order valence-corrected chi connectivity index (χ1v) is 8.66. The van der Waals surface area contributed by atoms with E-state index in [1.165, 1.54) is 35.0 Å². The SMILES string of the molecule is Cc1c(NC(=O)NCC(=O)Nc2ccc(F)cc2)nnn1Cc1ccccc1F. The van der Waals surface area contributed by atoms with Crippen molar-refractivity contribution < 1.29 is 18.4 Å². The Morgan fingerprint density at radius 1 is 1.03 bits per heavy atom. The van der Waals surface area contributed by atoms with Crippen molar-refractivity contribution in [2.24, 2.45) is 0 Å². The van der Waals surface area contributed by atoms with Crippen LogP contribution < -0.4 is 16.0 Å². The molecule has 10 heteroatoms. The van der Waals surface area contributed by atoms with E-state index in [1.807, 2.05) is 0 Å². The van der Waals surface area contributed by atoms with Gasteiger partial charge in [0.05, 0.1) is 18.8 Å². The van der Waals surface area contributed by atoms with Crippen molar-refractivity contribution in [3.63, 3.8) is 0 Å². The third-order valence-electron chi connectivity index (χ3n) is 4.03. The molecule has 0 fully saturated rings. The fourth-order valence-electron chi connectivity index (χ4n) is 2.46. The number of hydrogen-bond donors (Lipinski definition) is 3. The molecule has 0 spiro atoms. The summed E-state index contributed by atoms with van der Waals surface area (Å²) in [6, 6.07) is 10.9. The molecule has 0 aliphatic carbocycles. The summed E-state index contributed by atoms with van der Waals surface area (Å²) in [6.45, 7) is 1.54. The van der Waals surface area contributed by atoms with Gasteiger partial charge in [-0.15, -0.1) is 5.10 Å². The minimum absolute atomic E-state index is 0.162. The lowest BCUT2D eigenvalue weighted by atomic mass is 10.2. The summed E-state index contributed by atoms with van der Waals surface area (Å²) in [5.41, 5.74) is 1.37. The molecule has 1 aromatic heterocycles. The Morgan fingerprint density at radius 3 is 2.48 bits per heavy atom. The number of nitrogens with zero attached hydrogens (tertiary/aromatic N) is 3. The minimum atomic E-state index is -0.653. The van der Waals surface area contributed by atoms with Gasteiger partial charge in [-0.1, -0.05) is 23.4 Å². The number of benzene rings is 2. The first-order valence-electron chi connectivity index (χ1n) is 8.66. The molecule has 150 valence electrons. The highest BCUT2D eigenvalue weighted by atomic mass is 19.1. The van der Waals surface area contributed by atoms with Gasteiger partial charge >= 0.3 is 6.03 Å². The largest absolute Gasteiger partial charge is 0.329 e. The molecule has 0 radical (unpaired) electrons. The van der Waals surface area contributed by atoms with Gasteiger partial charge in [0, 0.05) is 11.3 Å². The second kappa shape index (κ2) is 8.91. The number of rotatable bonds is 6. The van der Waals surface area contributed by atoms with E-state index in [0.717, 1.165) is 0 Å². The topological polar surface area (TPSA) is 101 Å². The summed E-state index contributed by atoms with van der Waals surface area (Å²) < 4.78 is 28.1. The number of nitrogens with one attached hydrogen (secondary N) is 3. The Bertz CT molecular complexity index is 1020.